The molecule has 0 bridgehead atoms. The molecule has 0 radical (unpaired) electrons. The van der Waals surface area contributed by atoms with E-state index in [2.05, 4.69) is 21.1 Å². The van der Waals surface area contributed by atoms with Crippen molar-refractivity contribution in [2.75, 3.05) is 5.73 Å². The van der Waals surface area contributed by atoms with Gasteiger partial charge in [0.15, 0.2) is 0 Å². The van der Waals surface area contributed by atoms with E-state index in [-0.39, 0.29) is 0 Å². The van der Waals surface area contributed by atoms with Crippen molar-refractivity contribution >= 4 is 32.9 Å². The number of rotatable bonds is 0. The van der Waals surface area contributed by atoms with Crippen LogP contribution in [0, 0.1) is 0 Å². The average Bonchev–Trinajstić information content (AvgIpc) is 2.35. The van der Waals surface area contributed by atoms with Crippen molar-refractivity contribution in [3.8, 4) is 0 Å². The first-order valence-corrected chi connectivity index (χ1v) is 3.87. The number of nitrogens with zero attached hydrogens (tertiary/aromatic N) is 2. The number of hydrogen-bond acceptors (Lipinski definition) is 2. The molecule has 0 amide bonds. The van der Waals surface area contributed by atoms with E-state index in [0.29, 0.717) is 5.69 Å². The molecule has 1 aromatic heterocycles. The summed E-state index contributed by atoms with van der Waals surface area (Å²) in [5, 5.41) is 0. The van der Waals surface area contributed by atoms with Gasteiger partial charge in [0, 0.05) is 0 Å². The van der Waals surface area contributed by atoms with Crippen LogP contribution in [0.5, 0.6) is 0 Å². The van der Waals surface area contributed by atoms with E-state index < -0.39 is 0 Å². The lowest BCUT2D eigenvalue weighted by Gasteiger charge is -1.93. The van der Waals surface area contributed by atoms with Gasteiger partial charge in [-0.1, -0.05) is 6.07 Å². The van der Waals surface area contributed by atoms with Gasteiger partial charge in [-0.25, -0.2) is 4.98 Å². The molecule has 0 aliphatic heterocycles. The summed E-state index contributed by atoms with van der Waals surface area (Å²) in [5.41, 5.74) is 8.21. The monoisotopic (exact) mass is 211 g/mol. The molecule has 0 saturated carbocycles. The zero-order chi connectivity index (χ0) is 7.84. The molecule has 0 fully saturated rings. The molecule has 2 rings (SSSR count). The number of benzene rings is 1. The van der Waals surface area contributed by atoms with E-state index in [0.717, 1.165) is 11.0 Å². The highest BCUT2D eigenvalue weighted by Crippen LogP contribution is 2.19. The zero-order valence-corrected chi connectivity index (χ0v) is 7.25. The smallest absolute Gasteiger partial charge is 0.112 e. The van der Waals surface area contributed by atoms with Gasteiger partial charge >= 0.3 is 0 Å². The summed E-state index contributed by atoms with van der Waals surface area (Å²) in [6.07, 6.45) is 1.68. The zero-order valence-electron chi connectivity index (χ0n) is 5.66. The maximum absolute atomic E-state index is 5.67. The summed E-state index contributed by atoms with van der Waals surface area (Å²) in [6.45, 7) is 0. The summed E-state index contributed by atoms with van der Waals surface area (Å²) in [7, 11) is 0. The van der Waals surface area contributed by atoms with Crippen LogP contribution in [-0.2, 0) is 0 Å². The minimum absolute atomic E-state index is 0.709. The summed E-state index contributed by atoms with van der Waals surface area (Å²) >= 11 is 3.30. The van der Waals surface area contributed by atoms with Crippen LogP contribution in [0.15, 0.2) is 24.5 Å². The first-order valence-electron chi connectivity index (χ1n) is 3.17. The van der Waals surface area contributed by atoms with Crippen LogP contribution >= 0.6 is 16.1 Å². The predicted molar refractivity (Wildman–Crippen MR) is 48.5 cm³/mol. The minimum Gasteiger partial charge on any atom is -0.397 e. The summed E-state index contributed by atoms with van der Waals surface area (Å²) in [5.74, 6) is 0. The van der Waals surface area contributed by atoms with Gasteiger partial charge in [-0.3, -0.25) is 3.59 Å². The summed E-state index contributed by atoms with van der Waals surface area (Å²) in [6, 6.07) is 5.69. The van der Waals surface area contributed by atoms with Gasteiger partial charge in [-0.2, -0.15) is 0 Å². The molecule has 0 aliphatic rings. The molecule has 0 spiro atoms. The number of anilines is 1. The fourth-order valence-electron chi connectivity index (χ4n) is 1.03. The number of hydrogen-bond donors (Lipinski definition) is 1. The molecule has 56 valence electrons. The van der Waals surface area contributed by atoms with Crippen molar-refractivity contribution < 1.29 is 0 Å². The van der Waals surface area contributed by atoms with Crippen molar-refractivity contribution in [2.45, 2.75) is 0 Å². The Labute approximate surface area is 72.2 Å². The van der Waals surface area contributed by atoms with Crippen molar-refractivity contribution in [3.05, 3.63) is 24.5 Å². The quantitative estimate of drug-likeness (QED) is 0.676. The lowest BCUT2D eigenvalue weighted by Crippen LogP contribution is -1.85. The third-order valence-electron chi connectivity index (χ3n) is 1.56. The number of para-hydroxylation sites is 1. The topological polar surface area (TPSA) is 43.8 Å². The first kappa shape index (κ1) is 6.67. The van der Waals surface area contributed by atoms with Crippen molar-refractivity contribution in [2.24, 2.45) is 0 Å². The van der Waals surface area contributed by atoms with Gasteiger partial charge in [0.2, 0.25) is 0 Å². The number of nitrogen functional groups attached to an aromatic ring is 1. The van der Waals surface area contributed by atoms with Crippen LogP contribution in [0.25, 0.3) is 11.0 Å². The Hall–Kier alpha value is -1.03. The van der Waals surface area contributed by atoms with Gasteiger partial charge in [0.25, 0.3) is 0 Å². The highest BCUT2D eigenvalue weighted by Gasteiger charge is 2.01. The second-order valence-corrected chi connectivity index (χ2v) is 3.03. The van der Waals surface area contributed by atoms with E-state index in [1.807, 2.05) is 18.2 Å². The molecule has 0 atom stereocenters. The number of fused-ring (bicyclic) bond motifs is 1. The largest absolute Gasteiger partial charge is 0.397 e. The van der Waals surface area contributed by atoms with Gasteiger partial charge in [0.05, 0.1) is 27.4 Å². The minimum atomic E-state index is 0.709. The molecule has 0 unspecified atom stereocenters. The highest BCUT2D eigenvalue weighted by atomic mass is 79.9. The molecule has 11 heavy (non-hydrogen) atoms. The fourth-order valence-corrected chi connectivity index (χ4v) is 1.41. The molecule has 1 heterocycles. The number of imidazole rings is 1. The van der Waals surface area contributed by atoms with Crippen molar-refractivity contribution in [3.63, 3.8) is 0 Å². The van der Waals surface area contributed by atoms with E-state index in [4.69, 9.17) is 5.73 Å². The lowest BCUT2D eigenvalue weighted by molar-refractivity contribution is 1.29. The summed E-state index contributed by atoms with van der Waals surface area (Å²) < 4.78 is 1.76. The fraction of sp³-hybridized carbons (Fsp3) is 0. The van der Waals surface area contributed by atoms with E-state index in [9.17, 15) is 0 Å². The Bertz CT molecular complexity index is 393. The van der Waals surface area contributed by atoms with Crippen LogP contribution in [0.4, 0.5) is 5.69 Å². The molecule has 2 N–H and O–H groups in total. The van der Waals surface area contributed by atoms with Gasteiger partial charge in [0.1, 0.15) is 11.8 Å². The molecule has 0 aliphatic carbocycles. The molecular formula is C7H6BrN3. The molecule has 2 aromatic rings. The van der Waals surface area contributed by atoms with Crippen molar-refractivity contribution in [1.82, 2.24) is 8.58 Å². The number of halogens is 1. The van der Waals surface area contributed by atoms with E-state index in [1.54, 1.807) is 9.92 Å². The van der Waals surface area contributed by atoms with E-state index >= 15 is 0 Å². The Morgan fingerprint density at radius 2 is 2.27 bits per heavy atom. The van der Waals surface area contributed by atoms with E-state index in [1.165, 1.54) is 0 Å². The van der Waals surface area contributed by atoms with Crippen LogP contribution < -0.4 is 5.73 Å². The second-order valence-electron chi connectivity index (χ2n) is 2.27. The molecule has 3 nitrogen and oxygen atoms in total. The number of aromatic nitrogens is 2. The highest BCUT2D eigenvalue weighted by molar-refractivity contribution is 9.08. The lowest BCUT2D eigenvalue weighted by atomic mass is 10.3. The number of nitrogens with two attached hydrogens (primary N) is 1. The normalized spacial score (nSPS) is 10.6. The Morgan fingerprint density at radius 3 is 3.00 bits per heavy atom. The Balaban J connectivity index is 2.94. The average molecular weight is 212 g/mol. The third kappa shape index (κ3) is 0.903. The van der Waals surface area contributed by atoms with Gasteiger partial charge in [-0.05, 0) is 12.1 Å². The van der Waals surface area contributed by atoms with Crippen LogP contribution in [0.2, 0.25) is 0 Å². The Morgan fingerprint density at radius 1 is 1.45 bits per heavy atom. The Kier molecular flexibility index (Phi) is 1.35. The second kappa shape index (κ2) is 2.23. The van der Waals surface area contributed by atoms with Crippen LogP contribution in [-0.4, -0.2) is 8.58 Å². The van der Waals surface area contributed by atoms with Gasteiger partial charge in [-0.15, -0.1) is 0 Å². The first-order chi connectivity index (χ1) is 5.29. The summed E-state index contributed by atoms with van der Waals surface area (Å²) in [4.78, 5) is 4.11. The maximum atomic E-state index is 5.67. The van der Waals surface area contributed by atoms with Gasteiger partial charge < -0.3 is 5.73 Å². The van der Waals surface area contributed by atoms with Crippen LogP contribution in [0.1, 0.15) is 0 Å². The molecule has 0 saturated heterocycles. The molecule has 1 aromatic carbocycles. The maximum Gasteiger partial charge on any atom is 0.112 e. The van der Waals surface area contributed by atoms with Crippen LogP contribution in [0.3, 0.4) is 0 Å². The molecule has 4 heteroatoms. The predicted octanol–water partition coefficient (Wildman–Crippen LogP) is 1.78. The van der Waals surface area contributed by atoms with Crippen molar-refractivity contribution in [1.29, 1.82) is 0 Å². The molecular weight excluding hydrogens is 206 g/mol. The SMILES string of the molecule is Nc1cccc2c1ncn2Br. The third-order valence-corrected chi connectivity index (χ3v) is 2.13. The standard InChI is InChI=1S/C7H6BrN3/c8-11-4-10-7-5(9)2-1-3-6(7)11/h1-4H,9H2.